The van der Waals surface area contributed by atoms with E-state index in [4.69, 9.17) is 5.11 Å². The monoisotopic (exact) mass is 156 g/mol. The van der Waals surface area contributed by atoms with Crippen LogP contribution in [-0.2, 0) is 9.59 Å². The van der Waals surface area contributed by atoms with Crippen molar-refractivity contribution in [3.63, 3.8) is 0 Å². The zero-order valence-electron chi connectivity index (χ0n) is 6.54. The van der Waals surface area contributed by atoms with Gasteiger partial charge in [0, 0.05) is 0 Å². The van der Waals surface area contributed by atoms with E-state index in [2.05, 4.69) is 0 Å². The molecule has 1 rings (SSSR count). The highest BCUT2D eigenvalue weighted by molar-refractivity contribution is 5.96. The molecule has 0 radical (unpaired) electrons. The van der Waals surface area contributed by atoms with E-state index >= 15 is 0 Å². The summed E-state index contributed by atoms with van der Waals surface area (Å²) in [5.74, 6) is -1.43. The van der Waals surface area contributed by atoms with Crippen molar-refractivity contribution < 1.29 is 14.7 Å². The highest BCUT2D eigenvalue weighted by atomic mass is 16.4. The van der Waals surface area contributed by atoms with Gasteiger partial charge in [-0.2, -0.15) is 0 Å². The van der Waals surface area contributed by atoms with E-state index in [0.717, 1.165) is 12.8 Å². The summed E-state index contributed by atoms with van der Waals surface area (Å²) in [5, 5.41) is 8.60. The molecule has 1 N–H and O–H groups in total. The maximum absolute atomic E-state index is 10.8. The predicted octanol–water partition coefficient (Wildman–Crippen LogP) is 1.08. The number of ketones is 1. The molecule has 0 saturated heterocycles. The molecule has 0 bridgehead atoms. The summed E-state index contributed by atoms with van der Waals surface area (Å²) in [6.07, 6.45) is 2.73. The molecule has 1 atom stereocenters. The van der Waals surface area contributed by atoms with E-state index in [0.29, 0.717) is 12.3 Å². The van der Waals surface area contributed by atoms with Crippen molar-refractivity contribution in [3.8, 4) is 0 Å². The van der Waals surface area contributed by atoms with Crippen molar-refractivity contribution >= 4 is 11.8 Å². The summed E-state index contributed by atoms with van der Waals surface area (Å²) in [6, 6.07) is 0. The number of hydrogen-bond donors (Lipinski definition) is 1. The van der Waals surface area contributed by atoms with Gasteiger partial charge >= 0.3 is 5.97 Å². The van der Waals surface area contributed by atoms with Crippen molar-refractivity contribution in [2.75, 3.05) is 0 Å². The molecule has 11 heavy (non-hydrogen) atoms. The van der Waals surface area contributed by atoms with Gasteiger partial charge in [-0.1, -0.05) is 12.8 Å². The molecule has 1 fully saturated rings. The van der Waals surface area contributed by atoms with E-state index < -0.39 is 11.9 Å². The maximum Gasteiger partial charge on any atom is 0.314 e. The van der Waals surface area contributed by atoms with Crippen LogP contribution in [0.25, 0.3) is 0 Å². The molecule has 1 aliphatic carbocycles. The first-order valence-corrected chi connectivity index (χ1v) is 3.84. The molecule has 0 amide bonds. The number of aliphatic carboxylic acids is 1. The first-order chi connectivity index (χ1) is 5.11. The number of carboxylic acid groups (broad SMARTS) is 1. The van der Waals surface area contributed by atoms with Gasteiger partial charge in [0.05, 0.1) is 0 Å². The number of hydrogen-bond acceptors (Lipinski definition) is 2. The molecular formula is C8H12O3. The summed E-state index contributed by atoms with van der Waals surface area (Å²) in [6.45, 7) is 1.35. The van der Waals surface area contributed by atoms with Gasteiger partial charge < -0.3 is 5.11 Å². The molecule has 0 aromatic carbocycles. The van der Waals surface area contributed by atoms with E-state index in [1.807, 2.05) is 0 Å². The van der Waals surface area contributed by atoms with Crippen molar-refractivity contribution in [1.82, 2.24) is 0 Å². The van der Waals surface area contributed by atoms with Gasteiger partial charge in [-0.25, -0.2) is 0 Å². The summed E-state index contributed by atoms with van der Waals surface area (Å²) in [7, 11) is 0. The molecule has 0 aliphatic heterocycles. The third kappa shape index (κ3) is 2.33. The number of rotatable bonds is 4. The second kappa shape index (κ2) is 3.03. The zero-order chi connectivity index (χ0) is 8.43. The summed E-state index contributed by atoms with van der Waals surface area (Å²) in [5.41, 5.74) is 0. The number of carbonyl (C=O) groups excluding carboxylic acids is 1. The van der Waals surface area contributed by atoms with Crippen LogP contribution in [0.5, 0.6) is 0 Å². The first kappa shape index (κ1) is 8.24. The predicted molar refractivity (Wildman–Crippen MR) is 39.1 cm³/mol. The number of carboxylic acids is 1. The second-order valence-electron chi connectivity index (χ2n) is 3.18. The van der Waals surface area contributed by atoms with Gasteiger partial charge in [0.2, 0.25) is 0 Å². The molecule has 0 heterocycles. The molecule has 0 spiro atoms. The third-order valence-corrected chi connectivity index (χ3v) is 2.05. The molecule has 1 saturated carbocycles. The van der Waals surface area contributed by atoms with Gasteiger partial charge in [0.25, 0.3) is 0 Å². The number of carbonyl (C=O) groups is 2. The van der Waals surface area contributed by atoms with Crippen molar-refractivity contribution in [1.29, 1.82) is 0 Å². The second-order valence-corrected chi connectivity index (χ2v) is 3.18. The van der Waals surface area contributed by atoms with E-state index in [1.165, 1.54) is 6.92 Å². The van der Waals surface area contributed by atoms with Crippen LogP contribution in [0.3, 0.4) is 0 Å². The summed E-state index contributed by atoms with van der Waals surface area (Å²) < 4.78 is 0. The molecule has 3 nitrogen and oxygen atoms in total. The van der Waals surface area contributed by atoms with Crippen LogP contribution in [0.4, 0.5) is 0 Å². The smallest absolute Gasteiger partial charge is 0.314 e. The Bertz CT molecular complexity index is 168. The molecule has 0 aromatic heterocycles. The Morgan fingerprint density at radius 3 is 2.36 bits per heavy atom. The van der Waals surface area contributed by atoms with Gasteiger partial charge in [-0.05, 0) is 19.3 Å². The number of Topliss-reactive ketones (excluding diaryl/α,β-unsaturated/α-hetero) is 1. The largest absolute Gasteiger partial charge is 0.481 e. The lowest BCUT2D eigenvalue weighted by Crippen LogP contribution is -2.21. The average molecular weight is 156 g/mol. The van der Waals surface area contributed by atoms with Gasteiger partial charge in [0.15, 0.2) is 0 Å². The normalized spacial score (nSPS) is 19.4. The van der Waals surface area contributed by atoms with Crippen LogP contribution < -0.4 is 0 Å². The molecule has 1 unspecified atom stereocenters. The van der Waals surface area contributed by atoms with Crippen molar-refractivity contribution in [3.05, 3.63) is 0 Å². The van der Waals surface area contributed by atoms with Crippen LogP contribution in [0, 0.1) is 11.8 Å². The average Bonchev–Trinajstić information content (AvgIpc) is 2.63. The Morgan fingerprint density at radius 2 is 2.09 bits per heavy atom. The van der Waals surface area contributed by atoms with E-state index in [-0.39, 0.29) is 5.78 Å². The zero-order valence-corrected chi connectivity index (χ0v) is 6.54. The Balaban J connectivity index is 2.43. The Hall–Kier alpha value is -0.860. The summed E-state index contributed by atoms with van der Waals surface area (Å²) >= 11 is 0. The maximum atomic E-state index is 10.8. The third-order valence-electron chi connectivity index (χ3n) is 2.05. The van der Waals surface area contributed by atoms with Gasteiger partial charge in [0.1, 0.15) is 11.7 Å². The van der Waals surface area contributed by atoms with Crippen LogP contribution in [0.2, 0.25) is 0 Å². The van der Waals surface area contributed by atoms with Crippen LogP contribution in [0.15, 0.2) is 0 Å². The fourth-order valence-corrected chi connectivity index (χ4v) is 1.13. The van der Waals surface area contributed by atoms with Crippen LogP contribution in [0.1, 0.15) is 26.2 Å². The molecule has 0 aromatic rings. The minimum atomic E-state index is -0.968. The molecule has 3 heteroatoms. The van der Waals surface area contributed by atoms with Crippen LogP contribution in [-0.4, -0.2) is 16.9 Å². The SMILES string of the molecule is CC(=O)C(CC1CC1)C(=O)O. The van der Waals surface area contributed by atoms with Crippen molar-refractivity contribution in [2.45, 2.75) is 26.2 Å². The lowest BCUT2D eigenvalue weighted by molar-refractivity contribution is -0.146. The van der Waals surface area contributed by atoms with Gasteiger partial charge in [-0.15, -0.1) is 0 Å². The standard InChI is InChI=1S/C8H12O3/c1-5(9)7(8(10)11)4-6-2-3-6/h6-7H,2-4H2,1H3,(H,10,11). The lowest BCUT2D eigenvalue weighted by Gasteiger charge is -2.05. The Kier molecular flexibility index (Phi) is 2.27. The minimum absolute atomic E-state index is 0.218. The molecular weight excluding hydrogens is 144 g/mol. The minimum Gasteiger partial charge on any atom is -0.481 e. The highest BCUT2D eigenvalue weighted by Crippen LogP contribution is 2.35. The summed E-state index contributed by atoms with van der Waals surface area (Å²) in [4.78, 5) is 21.3. The quantitative estimate of drug-likeness (QED) is 0.619. The van der Waals surface area contributed by atoms with Crippen molar-refractivity contribution in [2.24, 2.45) is 11.8 Å². The fourth-order valence-electron chi connectivity index (χ4n) is 1.13. The highest BCUT2D eigenvalue weighted by Gasteiger charge is 2.31. The van der Waals surface area contributed by atoms with E-state index in [9.17, 15) is 9.59 Å². The Labute approximate surface area is 65.4 Å². The fraction of sp³-hybridized carbons (Fsp3) is 0.750. The Morgan fingerprint density at radius 1 is 1.55 bits per heavy atom. The van der Waals surface area contributed by atoms with E-state index in [1.54, 1.807) is 0 Å². The lowest BCUT2D eigenvalue weighted by atomic mass is 9.99. The first-order valence-electron chi connectivity index (χ1n) is 3.84. The molecule has 62 valence electrons. The van der Waals surface area contributed by atoms with Crippen LogP contribution >= 0.6 is 0 Å². The van der Waals surface area contributed by atoms with Gasteiger partial charge in [-0.3, -0.25) is 9.59 Å². The molecule has 1 aliphatic rings. The topological polar surface area (TPSA) is 54.4 Å².